The Hall–Kier alpha value is -1.56. The average Bonchev–Trinajstić information content (AvgIpc) is 2.82. The van der Waals surface area contributed by atoms with Gasteiger partial charge in [-0.1, -0.05) is 0 Å². The number of aliphatic carboxylic acids is 1. The third-order valence-corrected chi connectivity index (χ3v) is 4.97. The van der Waals surface area contributed by atoms with Crippen LogP contribution in [0.5, 0.6) is 0 Å². The lowest BCUT2D eigenvalue weighted by Gasteiger charge is -2.36. The first kappa shape index (κ1) is 14.8. The number of piperidine rings is 1. The number of carboxylic acids is 1. The number of rotatable bonds is 3. The predicted octanol–water partition coefficient (Wildman–Crippen LogP) is 2.45. The van der Waals surface area contributed by atoms with Gasteiger partial charge in [-0.3, -0.25) is 4.79 Å². The largest absolute Gasteiger partial charge is 0.481 e. The summed E-state index contributed by atoms with van der Waals surface area (Å²) in [6.45, 7) is 5.30. The summed E-state index contributed by atoms with van der Waals surface area (Å²) in [6.07, 6.45) is 1.01. The number of amides is 2. The average molecular weight is 296 g/mol. The minimum atomic E-state index is -0.772. The molecule has 1 saturated heterocycles. The monoisotopic (exact) mass is 296 g/mol. The second kappa shape index (κ2) is 5.83. The van der Waals surface area contributed by atoms with Crippen molar-refractivity contribution in [1.82, 2.24) is 10.2 Å². The van der Waals surface area contributed by atoms with E-state index in [1.54, 1.807) is 23.2 Å². The first-order valence-electron chi connectivity index (χ1n) is 6.70. The second-order valence-corrected chi connectivity index (χ2v) is 6.34. The molecule has 1 fully saturated rings. The summed E-state index contributed by atoms with van der Waals surface area (Å²) in [5.74, 6) is -0.772. The molecule has 0 spiro atoms. The van der Waals surface area contributed by atoms with Gasteiger partial charge in [-0.15, -0.1) is 0 Å². The van der Waals surface area contributed by atoms with E-state index >= 15 is 0 Å². The number of likely N-dealkylation sites (tertiary alicyclic amines) is 1. The lowest BCUT2D eigenvalue weighted by atomic mass is 9.80. The van der Waals surface area contributed by atoms with Gasteiger partial charge < -0.3 is 15.3 Å². The molecule has 2 N–H and O–H groups in total. The van der Waals surface area contributed by atoms with Crippen LogP contribution in [-0.4, -0.2) is 35.1 Å². The molecule has 6 heteroatoms. The van der Waals surface area contributed by atoms with Crippen LogP contribution in [0.1, 0.15) is 30.9 Å². The number of hydrogen-bond donors (Lipinski definition) is 2. The lowest BCUT2D eigenvalue weighted by molar-refractivity contribution is -0.150. The molecule has 2 rings (SSSR count). The van der Waals surface area contributed by atoms with E-state index in [0.29, 0.717) is 32.5 Å². The zero-order valence-electron chi connectivity index (χ0n) is 11.8. The van der Waals surface area contributed by atoms with Crippen molar-refractivity contribution in [2.75, 3.05) is 13.1 Å². The van der Waals surface area contributed by atoms with E-state index < -0.39 is 11.4 Å². The number of nitrogens with one attached hydrogen (secondary N) is 1. The lowest BCUT2D eigenvalue weighted by Crippen LogP contribution is -2.48. The van der Waals surface area contributed by atoms with E-state index in [0.717, 1.165) is 5.56 Å². The SMILES string of the molecule is Cc1cscc1CNC(=O)N1CCC(C)(C(=O)O)CC1. The molecule has 20 heavy (non-hydrogen) atoms. The fraction of sp³-hybridized carbons (Fsp3) is 0.571. The van der Waals surface area contributed by atoms with Crippen molar-refractivity contribution in [2.24, 2.45) is 5.41 Å². The predicted molar refractivity (Wildman–Crippen MR) is 77.8 cm³/mol. The fourth-order valence-corrected chi connectivity index (χ4v) is 3.12. The summed E-state index contributed by atoms with van der Waals surface area (Å²) in [4.78, 5) is 24.9. The highest BCUT2D eigenvalue weighted by molar-refractivity contribution is 7.08. The van der Waals surface area contributed by atoms with Crippen molar-refractivity contribution < 1.29 is 14.7 Å². The number of carbonyl (C=O) groups is 2. The van der Waals surface area contributed by atoms with Gasteiger partial charge in [0.05, 0.1) is 5.41 Å². The van der Waals surface area contributed by atoms with Crippen LogP contribution >= 0.6 is 11.3 Å². The molecule has 1 aromatic rings. The van der Waals surface area contributed by atoms with Gasteiger partial charge in [0.15, 0.2) is 0 Å². The van der Waals surface area contributed by atoms with Gasteiger partial charge >= 0.3 is 12.0 Å². The van der Waals surface area contributed by atoms with Crippen LogP contribution in [0.4, 0.5) is 4.79 Å². The van der Waals surface area contributed by atoms with Crippen LogP contribution in [0.3, 0.4) is 0 Å². The summed E-state index contributed by atoms with van der Waals surface area (Å²) < 4.78 is 0. The summed E-state index contributed by atoms with van der Waals surface area (Å²) in [5.41, 5.74) is 1.63. The highest BCUT2D eigenvalue weighted by Gasteiger charge is 2.37. The Bertz CT molecular complexity index is 504. The number of urea groups is 1. The zero-order valence-corrected chi connectivity index (χ0v) is 12.6. The Balaban J connectivity index is 1.83. The molecule has 110 valence electrons. The molecule has 0 atom stereocenters. The van der Waals surface area contributed by atoms with E-state index in [2.05, 4.69) is 10.7 Å². The molecular formula is C14H20N2O3S. The third-order valence-electron chi connectivity index (χ3n) is 4.06. The summed E-state index contributed by atoms with van der Waals surface area (Å²) >= 11 is 1.63. The van der Waals surface area contributed by atoms with Crippen LogP contribution in [-0.2, 0) is 11.3 Å². The molecule has 2 heterocycles. The molecule has 0 bridgehead atoms. The number of nitrogens with zero attached hydrogens (tertiary/aromatic N) is 1. The summed E-state index contributed by atoms with van der Waals surface area (Å²) in [5, 5.41) is 16.2. The maximum atomic E-state index is 12.1. The Labute approximate surface area is 122 Å². The van der Waals surface area contributed by atoms with Crippen LogP contribution < -0.4 is 5.32 Å². The smallest absolute Gasteiger partial charge is 0.317 e. The van der Waals surface area contributed by atoms with Gasteiger partial charge in [-0.2, -0.15) is 11.3 Å². The molecule has 2 amide bonds. The molecular weight excluding hydrogens is 276 g/mol. The van der Waals surface area contributed by atoms with Crippen LogP contribution in [0.2, 0.25) is 0 Å². The van der Waals surface area contributed by atoms with Crippen molar-refractivity contribution in [2.45, 2.75) is 33.2 Å². The van der Waals surface area contributed by atoms with Crippen LogP contribution in [0.25, 0.3) is 0 Å². The highest BCUT2D eigenvalue weighted by atomic mass is 32.1. The molecule has 0 saturated carbocycles. The molecule has 1 aliphatic heterocycles. The number of aryl methyl sites for hydroxylation is 1. The Morgan fingerprint density at radius 1 is 1.40 bits per heavy atom. The van der Waals surface area contributed by atoms with Crippen molar-refractivity contribution in [1.29, 1.82) is 0 Å². The van der Waals surface area contributed by atoms with Gasteiger partial charge in [0.25, 0.3) is 0 Å². The standard InChI is InChI=1S/C14H20N2O3S/c1-10-8-20-9-11(10)7-15-13(19)16-5-3-14(2,4-6-16)12(17)18/h8-9H,3-7H2,1-2H3,(H,15,19)(H,17,18). The molecule has 1 aromatic heterocycles. The molecule has 5 nitrogen and oxygen atoms in total. The van der Waals surface area contributed by atoms with Gasteiger partial charge in [-0.05, 0) is 48.6 Å². The topological polar surface area (TPSA) is 69.6 Å². The van der Waals surface area contributed by atoms with Crippen molar-refractivity contribution in [3.05, 3.63) is 21.9 Å². The summed E-state index contributed by atoms with van der Waals surface area (Å²) in [7, 11) is 0. The minimum Gasteiger partial charge on any atom is -0.481 e. The van der Waals surface area contributed by atoms with Gasteiger partial charge in [-0.25, -0.2) is 4.79 Å². The number of carbonyl (C=O) groups excluding carboxylic acids is 1. The van der Waals surface area contributed by atoms with Crippen molar-refractivity contribution in [3.8, 4) is 0 Å². The van der Waals surface area contributed by atoms with Gasteiger partial charge in [0.1, 0.15) is 0 Å². The van der Waals surface area contributed by atoms with Crippen LogP contribution in [0.15, 0.2) is 10.8 Å². The molecule has 0 aromatic carbocycles. The zero-order chi connectivity index (χ0) is 14.8. The quantitative estimate of drug-likeness (QED) is 0.900. The minimum absolute atomic E-state index is 0.108. The van der Waals surface area contributed by atoms with Crippen LogP contribution in [0, 0.1) is 12.3 Å². The van der Waals surface area contributed by atoms with E-state index in [1.807, 2.05) is 12.3 Å². The molecule has 0 aliphatic carbocycles. The van der Waals surface area contributed by atoms with Gasteiger partial charge in [0, 0.05) is 19.6 Å². The number of thiophene rings is 1. The fourth-order valence-electron chi connectivity index (χ4n) is 2.27. The van der Waals surface area contributed by atoms with Crippen molar-refractivity contribution in [3.63, 3.8) is 0 Å². The molecule has 0 unspecified atom stereocenters. The maximum Gasteiger partial charge on any atom is 0.317 e. The highest BCUT2D eigenvalue weighted by Crippen LogP contribution is 2.30. The van der Waals surface area contributed by atoms with E-state index in [-0.39, 0.29) is 6.03 Å². The maximum absolute atomic E-state index is 12.1. The Morgan fingerprint density at radius 3 is 2.55 bits per heavy atom. The Morgan fingerprint density at radius 2 is 2.05 bits per heavy atom. The molecule has 1 aliphatic rings. The van der Waals surface area contributed by atoms with E-state index in [9.17, 15) is 9.59 Å². The van der Waals surface area contributed by atoms with E-state index in [1.165, 1.54) is 5.56 Å². The van der Waals surface area contributed by atoms with Crippen molar-refractivity contribution >= 4 is 23.3 Å². The first-order valence-corrected chi connectivity index (χ1v) is 7.64. The first-order chi connectivity index (χ1) is 9.42. The summed E-state index contributed by atoms with van der Waals surface area (Å²) in [6, 6.07) is -0.108. The number of carboxylic acid groups (broad SMARTS) is 1. The Kier molecular flexibility index (Phi) is 4.32. The second-order valence-electron chi connectivity index (χ2n) is 5.59. The normalized spacial score (nSPS) is 17.8. The third kappa shape index (κ3) is 3.12. The number of hydrogen-bond acceptors (Lipinski definition) is 3. The molecule has 0 radical (unpaired) electrons. The van der Waals surface area contributed by atoms with E-state index in [4.69, 9.17) is 5.11 Å². The van der Waals surface area contributed by atoms with Gasteiger partial charge in [0.2, 0.25) is 0 Å².